The Morgan fingerprint density at radius 2 is 1.67 bits per heavy atom. The molecule has 0 amide bonds. The lowest BCUT2D eigenvalue weighted by Gasteiger charge is -2.14. The minimum Gasteiger partial charge on any atom is -0.294 e. The lowest BCUT2D eigenvalue weighted by molar-refractivity contribution is 0.0990. The van der Waals surface area contributed by atoms with Crippen molar-refractivity contribution >= 4 is 39.3 Å². The first-order valence-electron chi connectivity index (χ1n) is 8.34. The van der Waals surface area contributed by atoms with Gasteiger partial charge in [0.25, 0.3) is 5.56 Å². The molecule has 27 heavy (non-hydrogen) atoms. The van der Waals surface area contributed by atoms with Crippen LogP contribution in [-0.2, 0) is 6.42 Å². The topological polar surface area (TPSA) is 64.8 Å². The number of rotatable bonds is 4. The molecule has 5 nitrogen and oxygen atoms in total. The minimum absolute atomic E-state index is 0.0229. The molecule has 0 bridgehead atoms. The van der Waals surface area contributed by atoms with Crippen LogP contribution in [0.25, 0.3) is 16.6 Å². The molecule has 0 saturated heterocycles. The Morgan fingerprint density at radius 1 is 0.963 bits per heavy atom. The van der Waals surface area contributed by atoms with Crippen LogP contribution in [0.4, 0.5) is 0 Å². The fraction of sp³-hybridized carbons (Fsp3) is 0.0476. The van der Waals surface area contributed by atoms with Gasteiger partial charge in [-0.3, -0.25) is 19.1 Å². The third-order valence-electron chi connectivity index (χ3n) is 4.26. The van der Waals surface area contributed by atoms with Crippen LogP contribution in [0, 0.1) is 3.57 Å². The lowest BCUT2D eigenvalue weighted by Crippen LogP contribution is -2.26. The summed E-state index contributed by atoms with van der Waals surface area (Å²) in [5.41, 5.74) is 1.67. The molecule has 6 heteroatoms. The molecule has 0 aliphatic heterocycles. The molecule has 0 fully saturated rings. The largest absolute Gasteiger partial charge is 0.294 e. The predicted octanol–water partition coefficient (Wildman–Crippen LogP) is 3.81. The van der Waals surface area contributed by atoms with E-state index in [1.54, 1.807) is 41.2 Å². The van der Waals surface area contributed by atoms with Gasteiger partial charge in [0, 0.05) is 21.5 Å². The molecule has 132 valence electrons. The number of fused-ring (bicyclic) bond motifs is 1. The lowest BCUT2D eigenvalue weighted by atomic mass is 10.1. The first-order chi connectivity index (χ1) is 13.1. The van der Waals surface area contributed by atoms with Crippen molar-refractivity contribution in [2.75, 3.05) is 0 Å². The summed E-state index contributed by atoms with van der Waals surface area (Å²) in [6.45, 7) is 0. The Labute approximate surface area is 168 Å². The number of Topliss-reactive ketones (excluding diaryl/α,β-unsaturated/α-hetero) is 1. The van der Waals surface area contributed by atoms with E-state index in [0.717, 1.165) is 9.26 Å². The van der Waals surface area contributed by atoms with Crippen molar-refractivity contribution in [1.82, 2.24) is 14.5 Å². The first-order valence-corrected chi connectivity index (χ1v) is 9.42. The van der Waals surface area contributed by atoms with Crippen molar-refractivity contribution < 1.29 is 4.79 Å². The number of hydrogen-bond donors (Lipinski definition) is 0. The van der Waals surface area contributed by atoms with Gasteiger partial charge in [-0.15, -0.1) is 0 Å². The first kappa shape index (κ1) is 17.5. The Morgan fingerprint density at radius 3 is 2.44 bits per heavy atom. The molecule has 0 aliphatic rings. The molecule has 4 rings (SSSR count). The zero-order valence-electron chi connectivity index (χ0n) is 14.2. The summed E-state index contributed by atoms with van der Waals surface area (Å²) >= 11 is 2.19. The van der Waals surface area contributed by atoms with Crippen molar-refractivity contribution in [3.05, 3.63) is 98.4 Å². The molecule has 2 heterocycles. The molecule has 4 aromatic rings. The molecule has 0 unspecified atom stereocenters. The van der Waals surface area contributed by atoms with Gasteiger partial charge in [0.15, 0.2) is 5.78 Å². The Hall–Kier alpha value is -2.87. The number of aromatic nitrogens is 3. The number of nitrogens with zero attached hydrogens (tertiary/aromatic N) is 3. The van der Waals surface area contributed by atoms with Crippen LogP contribution < -0.4 is 5.56 Å². The van der Waals surface area contributed by atoms with E-state index in [4.69, 9.17) is 0 Å². The molecule has 2 aromatic heterocycles. The van der Waals surface area contributed by atoms with Crippen LogP contribution in [-0.4, -0.2) is 20.3 Å². The smallest absolute Gasteiger partial charge is 0.266 e. The summed E-state index contributed by atoms with van der Waals surface area (Å²) in [6, 6.07) is 18.1. The number of hydrogen-bond acceptors (Lipinski definition) is 4. The molecular weight excluding hydrogens is 453 g/mol. The van der Waals surface area contributed by atoms with E-state index in [-0.39, 0.29) is 17.8 Å². The molecule has 2 aromatic carbocycles. The van der Waals surface area contributed by atoms with Gasteiger partial charge >= 0.3 is 0 Å². The van der Waals surface area contributed by atoms with Crippen LogP contribution in [0.15, 0.2) is 77.9 Å². The summed E-state index contributed by atoms with van der Waals surface area (Å²) in [4.78, 5) is 34.5. The number of halogens is 1. The standard InChI is InChI=1S/C21H14IN3O2/c22-16-6-2-4-8-18(16)25-20(13-19(26)14-9-11-23-12-10-14)24-17-7-3-1-5-15(17)21(25)27/h1-12H,13H2. The third-order valence-corrected chi connectivity index (χ3v) is 5.17. The van der Waals surface area contributed by atoms with Crippen LogP contribution in [0.2, 0.25) is 0 Å². The van der Waals surface area contributed by atoms with Crippen LogP contribution >= 0.6 is 22.6 Å². The van der Waals surface area contributed by atoms with E-state index in [1.807, 2.05) is 36.4 Å². The number of carbonyl (C=O) groups excluding carboxylic acids is 1. The van der Waals surface area contributed by atoms with Gasteiger partial charge in [-0.25, -0.2) is 4.98 Å². The third kappa shape index (κ3) is 3.40. The van der Waals surface area contributed by atoms with Gasteiger partial charge in [-0.2, -0.15) is 0 Å². The van der Waals surface area contributed by atoms with Gasteiger partial charge in [0.1, 0.15) is 5.82 Å². The Bertz CT molecular complexity index is 1200. The van der Waals surface area contributed by atoms with Crippen molar-refractivity contribution in [1.29, 1.82) is 0 Å². The highest BCUT2D eigenvalue weighted by molar-refractivity contribution is 14.1. The zero-order chi connectivity index (χ0) is 18.8. The van der Waals surface area contributed by atoms with Gasteiger partial charge in [0.05, 0.1) is 23.0 Å². The number of ketones is 1. The average molecular weight is 467 g/mol. The Balaban J connectivity index is 1.93. The molecule has 0 radical (unpaired) electrons. The fourth-order valence-electron chi connectivity index (χ4n) is 2.96. The molecule has 0 atom stereocenters. The summed E-state index contributed by atoms with van der Waals surface area (Å²) in [5, 5.41) is 0.525. The summed E-state index contributed by atoms with van der Waals surface area (Å²) in [6.07, 6.45) is 3.18. The van der Waals surface area contributed by atoms with E-state index in [1.165, 1.54) is 0 Å². The average Bonchev–Trinajstić information content (AvgIpc) is 2.70. The SMILES string of the molecule is O=C(Cc1nc2ccccc2c(=O)n1-c1ccccc1I)c1ccncc1. The van der Waals surface area contributed by atoms with Gasteiger partial charge in [-0.1, -0.05) is 24.3 Å². The van der Waals surface area contributed by atoms with Crippen molar-refractivity contribution in [3.63, 3.8) is 0 Å². The molecule has 0 spiro atoms. The quantitative estimate of drug-likeness (QED) is 0.338. The Kier molecular flexibility index (Phi) is 4.81. The van der Waals surface area contributed by atoms with Gasteiger partial charge < -0.3 is 0 Å². The van der Waals surface area contributed by atoms with E-state index in [2.05, 4.69) is 32.6 Å². The summed E-state index contributed by atoms with van der Waals surface area (Å²) in [7, 11) is 0. The number of para-hydroxylation sites is 2. The zero-order valence-corrected chi connectivity index (χ0v) is 16.3. The van der Waals surface area contributed by atoms with Gasteiger partial charge in [-0.05, 0) is 59.0 Å². The van der Waals surface area contributed by atoms with E-state index < -0.39 is 0 Å². The van der Waals surface area contributed by atoms with Crippen molar-refractivity contribution in [2.24, 2.45) is 0 Å². The normalized spacial score (nSPS) is 10.9. The molecular formula is C21H14IN3O2. The highest BCUT2D eigenvalue weighted by atomic mass is 127. The van der Waals surface area contributed by atoms with E-state index >= 15 is 0 Å². The fourth-order valence-corrected chi connectivity index (χ4v) is 3.59. The van der Waals surface area contributed by atoms with Gasteiger partial charge in [0.2, 0.25) is 0 Å². The maximum absolute atomic E-state index is 13.2. The van der Waals surface area contributed by atoms with Crippen LogP contribution in [0.5, 0.6) is 0 Å². The molecule has 0 N–H and O–H groups in total. The highest BCUT2D eigenvalue weighted by Gasteiger charge is 2.17. The second kappa shape index (κ2) is 7.40. The van der Waals surface area contributed by atoms with Crippen LogP contribution in [0.3, 0.4) is 0 Å². The minimum atomic E-state index is -0.178. The van der Waals surface area contributed by atoms with E-state index in [9.17, 15) is 9.59 Å². The number of benzene rings is 2. The number of carbonyl (C=O) groups is 1. The summed E-state index contributed by atoms with van der Waals surface area (Å²) < 4.78 is 2.45. The maximum Gasteiger partial charge on any atom is 0.266 e. The number of pyridine rings is 1. The second-order valence-electron chi connectivity index (χ2n) is 5.97. The van der Waals surface area contributed by atoms with E-state index in [0.29, 0.717) is 22.3 Å². The monoisotopic (exact) mass is 467 g/mol. The van der Waals surface area contributed by atoms with Crippen molar-refractivity contribution in [3.8, 4) is 5.69 Å². The predicted molar refractivity (Wildman–Crippen MR) is 112 cm³/mol. The van der Waals surface area contributed by atoms with Crippen molar-refractivity contribution in [2.45, 2.75) is 6.42 Å². The molecule has 0 aliphatic carbocycles. The highest BCUT2D eigenvalue weighted by Crippen LogP contribution is 2.19. The molecule has 0 saturated carbocycles. The summed E-state index contributed by atoms with van der Waals surface area (Å²) in [5.74, 6) is 0.309. The van der Waals surface area contributed by atoms with Crippen LogP contribution in [0.1, 0.15) is 16.2 Å². The maximum atomic E-state index is 13.2. The second-order valence-corrected chi connectivity index (χ2v) is 7.14.